The van der Waals surface area contributed by atoms with Crippen molar-refractivity contribution in [3.05, 3.63) is 63.8 Å². The molecule has 3 rings (SSSR count). The molecule has 1 N–H and O–H groups in total. The molecule has 26 heavy (non-hydrogen) atoms. The third-order valence-electron chi connectivity index (χ3n) is 4.43. The Balaban J connectivity index is 1.88. The number of carbonyl (C=O) groups is 1. The lowest BCUT2D eigenvalue weighted by atomic mass is 10.2. The Hall–Kier alpha value is -2.31. The molecule has 1 fully saturated rings. The molecule has 1 aromatic carbocycles. The van der Waals surface area contributed by atoms with Gasteiger partial charge in [-0.05, 0) is 48.9 Å². The summed E-state index contributed by atoms with van der Waals surface area (Å²) in [5.41, 5.74) is 4.59. The summed E-state index contributed by atoms with van der Waals surface area (Å²) in [5.74, 6) is -0.0560. The summed E-state index contributed by atoms with van der Waals surface area (Å²) in [6.07, 6.45) is 1.94. The average Bonchev–Trinajstić information content (AvgIpc) is 3.06. The first-order chi connectivity index (χ1) is 12.5. The van der Waals surface area contributed by atoms with E-state index in [0.29, 0.717) is 16.6 Å². The van der Waals surface area contributed by atoms with E-state index < -0.39 is 0 Å². The van der Waals surface area contributed by atoms with Crippen LogP contribution < -0.4 is 0 Å². The van der Waals surface area contributed by atoms with Gasteiger partial charge in [-0.1, -0.05) is 30.3 Å². The van der Waals surface area contributed by atoms with Crippen LogP contribution in [0.25, 0.3) is 6.08 Å². The largest absolute Gasteiger partial charge is 0.394 e. The normalized spacial score (nSPS) is 17.7. The van der Waals surface area contributed by atoms with Crippen molar-refractivity contribution in [2.45, 2.75) is 20.4 Å². The Labute approximate surface area is 158 Å². The Bertz CT molecular complexity index is 869. The number of aromatic nitrogens is 1. The number of aliphatic imine (C=N–C) groups is 1. The summed E-state index contributed by atoms with van der Waals surface area (Å²) in [6, 6.07) is 12.5. The number of rotatable bonds is 5. The van der Waals surface area contributed by atoms with E-state index in [-0.39, 0.29) is 12.5 Å². The van der Waals surface area contributed by atoms with Crippen LogP contribution in [0.1, 0.15) is 22.5 Å². The summed E-state index contributed by atoms with van der Waals surface area (Å²) in [7, 11) is 1.71. The lowest BCUT2D eigenvalue weighted by Gasteiger charge is -2.09. The van der Waals surface area contributed by atoms with Gasteiger partial charge in [0.2, 0.25) is 0 Å². The third kappa shape index (κ3) is 3.76. The highest BCUT2D eigenvalue weighted by atomic mass is 32.2. The molecular formula is C20H23N3O2S. The van der Waals surface area contributed by atoms with E-state index in [2.05, 4.69) is 41.6 Å². The Morgan fingerprint density at radius 3 is 2.65 bits per heavy atom. The van der Waals surface area contributed by atoms with E-state index in [0.717, 1.165) is 23.5 Å². The molecule has 0 saturated carbocycles. The van der Waals surface area contributed by atoms with Gasteiger partial charge in [0.25, 0.3) is 5.91 Å². The van der Waals surface area contributed by atoms with Gasteiger partial charge < -0.3 is 9.67 Å². The van der Waals surface area contributed by atoms with Crippen molar-refractivity contribution in [3.8, 4) is 0 Å². The van der Waals surface area contributed by atoms with Crippen molar-refractivity contribution < 1.29 is 9.90 Å². The fourth-order valence-electron chi connectivity index (χ4n) is 2.96. The number of amidine groups is 1. The van der Waals surface area contributed by atoms with Crippen LogP contribution in [-0.2, 0) is 11.3 Å². The fourth-order valence-corrected chi connectivity index (χ4v) is 3.94. The van der Waals surface area contributed by atoms with Crippen molar-refractivity contribution in [2.75, 3.05) is 20.2 Å². The molecule has 5 nitrogen and oxygen atoms in total. The molecule has 136 valence electrons. The Morgan fingerprint density at radius 2 is 1.96 bits per heavy atom. The van der Waals surface area contributed by atoms with Crippen molar-refractivity contribution in [3.63, 3.8) is 0 Å². The predicted octanol–water partition coefficient (Wildman–Crippen LogP) is 3.05. The zero-order valence-electron chi connectivity index (χ0n) is 15.3. The maximum absolute atomic E-state index is 12.5. The quantitative estimate of drug-likeness (QED) is 0.824. The van der Waals surface area contributed by atoms with Gasteiger partial charge in [-0.15, -0.1) is 0 Å². The standard InChI is InChI=1S/C20H23N3O2S/c1-14-11-17(15(2)23(14)13-16-7-5-4-6-8-16)12-18-19(25)22(3)20(26-18)21-9-10-24/h4-8,11-12,24H,9-10,13H2,1-3H3/b18-12-,21-20?. The van der Waals surface area contributed by atoms with Crippen LogP contribution in [0, 0.1) is 13.8 Å². The summed E-state index contributed by atoms with van der Waals surface area (Å²) >= 11 is 1.36. The first-order valence-corrected chi connectivity index (χ1v) is 9.36. The second kappa shape index (κ2) is 7.93. The van der Waals surface area contributed by atoms with Crippen molar-refractivity contribution in [2.24, 2.45) is 4.99 Å². The first kappa shape index (κ1) is 18.5. The molecule has 1 aliphatic heterocycles. The number of carbonyl (C=O) groups excluding carboxylic acids is 1. The lowest BCUT2D eigenvalue weighted by molar-refractivity contribution is -0.121. The molecule has 0 radical (unpaired) electrons. The Kier molecular flexibility index (Phi) is 5.64. The van der Waals surface area contributed by atoms with E-state index in [1.54, 1.807) is 7.05 Å². The highest BCUT2D eigenvalue weighted by Gasteiger charge is 2.30. The molecule has 1 aromatic heterocycles. The number of amides is 1. The number of aliphatic hydroxyl groups is 1. The van der Waals surface area contributed by atoms with E-state index in [9.17, 15) is 4.79 Å². The second-order valence-corrected chi connectivity index (χ2v) is 7.27. The number of thioether (sulfide) groups is 1. The van der Waals surface area contributed by atoms with E-state index >= 15 is 0 Å². The first-order valence-electron chi connectivity index (χ1n) is 8.55. The van der Waals surface area contributed by atoms with Crippen LogP contribution in [0.15, 0.2) is 46.3 Å². The molecule has 0 bridgehead atoms. The highest BCUT2D eigenvalue weighted by molar-refractivity contribution is 8.18. The molecule has 1 aliphatic rings. The second-order valence-electron chi connectivity index (χ2n) is 6.26. The van der Waals surface area contributed by atoms with Gasteiger partial charge in [0.15, 0.2) is 5.17 Å². The summed E-state index contributed by atoms with van der Waals surface area (Å²) in [5, 5.41) is 9.57. The van der Waals surface area contributed by atoms with E-state index in [1.807, 2.05) is 24.3 Å². The van der Waals surface area contributed by atoms with Gasteiger partial charge in [0, 0.05) is 25.0 Å². The van der Waals surface area contributed by atoms with Gasteiger partial charge in [0.05, 0.1) is 18.1 Å². The van der Waals surface area contributed by atoms with Gasteiger partial charge in [-0.2, -0.15) is 0 Å². The number of aliphatic hydroxyl groups excluding tert-OH is 1. The minimum atomic E-state index is -0.0560. The monoisotopic (exact) mass is 369 g/mol. The number of benzene rings is 1. The number of hydrogen-bond donors (Lipinski definition) is 1. The zero-order chi connectivity index (χ0) is 18.7. The minimum Gasteiger partial charge on any atom is -0.394 e. The van der Waals surface area contributed by atoms with E-state index in [1.165, 1.54) is 22.2 Å². The zero-order valence-corrected chi connectivity index (χ0v) is 16.1. The topological polar surface area (TPSA) is 57.8 Å². The van der Waals surface area contributed by atoms with Gasteiger partial charge in [0.1, 0.15) is 0 Å². The molecule has 2 aromatic rings. The fraction of sp³-hybridized carbons (Fsp3) is 0.300. The third-order valence-corrected chi connectivity index (χ3v) is 5.53. The number of nitrogens with zero attached hydrogens (tertiary/aromatic N) is 3. The maximum atomic E-state index is 12.5. The molecule has 0 aliphatic carbocycles. The number of likely N-dealkylation sites (N-methyl/N-ethyl adjacent to an activating group) is 1. The Morgan fingerprint density at radius 1 is 1.23 bits per heavy atom. The van der Waals surface area contributed by atoms with Crippen LogP contribution in [0.4, 0.5) is 0 Å². The molecule has 0 atom stereocenters. The van der Waals surface area contributed by atoms with Crippen LogP contribution in [0.3, 0.4) is 0 Å². The van der Waals surface area contributed by atoms with Crippen LogP contribution in [0.5, 0.6) is 0 Å². The molecule has 2 heterocycles. The van der Waals surface area contributed by atoms with Gasteiger partial charge in [-0.3, -0.25) is 14.7 Å². The van der Waals surface area contributed by atoms with Crippen molar-refractivity contribution >= 4 is 28.9 Å². The molecule has 0 unspecified atom stereocenters. The number of aryl methyl sites for hydroxylation is 1. The highest BCUT2D eigenvalue weighted by Crippen LogP contribution is 2.32. The molecule has 6 heteroatoms. The summed E-state index contributed by atoms with van der Waals surface area (Å²) in [6.45, 7) is 5.26. The van der Waals surface area contributed by atoms with Crippen molar-refractivity contribution in [1.82, 2.24) is 9.47 Å². The molecule has 0 spiro atoms. The summed E-state index contributed by atoms with van der Waals surface area (Å²) < 4.78 is 2.26. The number of hydrogen-bond acceptors (Lipinski definition) is 4. The van der Waals surface area contributed by atoms with Crippen LogP contribution in [0.2, 0.25) is 0 Å². The van der Waals surface area contributed by atoms with Crippen LogP contribution in [-0.4, -0.2) is 45.8 Å². The average molecular weight is 369 g/mol. The smallest absolute Gasteiger partial charge is 0.266 e. The molecular weight excluding hydrogens is 346 g/mol. The SMILES string of the molecule is Cc1cc(/C=C2\SC(=NCCO)N(C)C2=O)c(C)n1Cc1ccccc1. The van der Waals surface area contributed by atoms with Crippen molar-refractivity contribution in [1.29, 1.82) is 0 Å². The predicted molar refractivity (Wildman–Crippen MR) is 107 cm³/mol. The van der Waals surface area contributed by atoms with E-state index in [4.69, 9.17) is 5.11 Å². The van der Waals surface area contributed by atoms with Gasteiger partial charge >= 0.3 is 0 Å². The van der Waals surface area contributed by atoms with Crippen LogP contribution >= 0.6 is 11.8 Å². The maximum Gasteiger partial charge on any atom is 0.266 e. The molecule has 1 saturated heterocycles. The van der Waals surface area contributed by atoms with Gasteiger partial charge in [-0.25, -0.2) is 0 Å². The minimum absolute atomic E-state index is 0.0220. The summed E-state index contributed by atoms with van der Waals surface area (Å²) in [4.78, 5) is 18.9. The lowest BCUT2D eigenvalue weighted by Crippen LogP contribution is -2.24. The molecule has 1 amide bonds.